The summed E-state index contributed by atoms with van der Waals surface area (Å²) < 4.78 is 47.8. The number of likely N-dealkylation sites (tertiary alicyclic amines) is 2. The van der Waals surface area contributed by atoms with E-state index in [0.29, 0.717) is 24.0 Å². The van der Waals surface area contributed by atoms with E-state index < -0.39 is 12.0 Å². The molecule has 40 heavy (non-hydrogen) atoms. The van der Waals surface area contributed by atoms with Crippen molar-refractivity contribution in [2.24, 2.45) is 5.92 Å². The zero-order valence-electron chi connectivity index (χ0n) is 23.8. The van der Waals surface area contributed by atoms with E-state index in [9.17, 15) is 18.0 Å². The smallest absolute Gasteiger partial charge is 0.444 e. The van der Waals surface area contributed by atoms with E-state index in [0.717, 1.165) is 56.3 Å². The van der Waals surface area contributed by atoms with Crippen LogP contribution in [0, 0.1) is 5.92 Å². The van der Waals surface area contributed by atoms with Crippen molar-refractivity contribution in [1.82, 2.24) is 9.80 Å². The largest absolute Gasteiger partial charge is 0.573 e. The minimum absolute atomic E-state index is 0.0164. The number of nitrogens with zero attached hydrogens (tertiary/aromatic N) is 2. The average Bonchev–Trinajstić information content (AvgIpc) is 2.86. The number of halogens is 4. The predicted octanol–water partition coefficient (Wildman–Crippen LogP) is 8.07. The van der Waals surface area contributed by atoms with Crippen LogP contribution >= 0.6 is 11.6 Å². The lowest BCUT2D eigenvalue weighted by Gasteiger charge is -2.50. The highest BCUT2D eigenvalue weighted by Crippen LogP contribution is 2.40. The molecule has 2 heterocycles. The van der Waals surface area contributed by atoms with Gasteiger partial charge in [-0.3, -0.25) is 4.90 Å². The van der Waals surface area contributed by atoms with Gasteiger partial charge in [-0.1, -0.05) is 35.9 Å². The number of piperidine rings is 2. The Bertz CT molecular complexity index is 1130. The summed E-state index contributed by atoms with van der Waals surface area (Å²) in [6.07, 6.45) is -0.452. The van der Waals surface area contributed by atoms with E-state index in [4.69, 9.17) is 16.3 Å². The maximum Gasteiger partial charge on any atom is 0.573 e. The Morgan fingerprint density at radius 3 is 2.20 bits per heavy atom. The van der Waals surface area contributed by atoms with Crippen LogP contribution in [0.15, 0.2) is 48.5 Å². The third-order valence-electron chi connectivity index (χ3n) is 8.25. The molecule has 2 aromatic carbocycles. The highest BCUT2D eigenvalue weighted by atomic mass is 35.5. The summed E-state index contributed by atoms with van der Waals surface area (Å²) in [6, 6.07) is 14.1. The molecule has 1 amide bonds. The second-order valence-corrected chi connectivity index (χ2v) is 12.8. The van der Waals surface area contributed by atoms with Crippen molar-refractivity contribution in [3.8, 4) is 5.75 Å². The second-order valence-electron chi connectivity index (χ2n) is 12.3. The number of carbonyl (C=O) groups is 1. The summed E-state index contributed by atoms with van der Waals surface area (Å²) in [6.45, 7) is 11.2. The first-order chi connectivity index (χ1) is 18.7. The average molecular weight is 581 g/mol. The van der Waals surface area contributed by atoms with Crippen LogP contribution in [0.1, 0.15) is 70.4 Å². The van der Waals surface area contributed by atoms with E-state index >= 15 is 0 Å². The normalized spacial score (nSPS) is 19.8. The van der Waals surface area contributed by atoms with Crippen LogP contribution < -0.4 is 4.74 Å². The van der Waals surface area contributed by atoms with Crippen LogP contribution in [0.2, 0.25) is 5.02 Å². The third-order valence-corrected chi connectivity index (χ3v) is 8.49. The number of hydrogen-bond acceptors (Lipinski definition) is 4. The molecule has 5 nitrogen and oxygen atoms in total. The zero-order valence-corrected chi connectivity index (χ0v) is 24.5. The minimum atomic E-state index is -4.71. The molecule has 2 aliphatic rings. The SMILES string of the molecule is CC(C)(C)OC(=O)N1CCC(C)(N2CCC(C(Cc3cccc(Cl)c3)c3ccc(OC(F)(F)F)cc3)CC2)CC1. The molecule has 0 N–H and O–H groups in total. The monoisotopic (exact) mass is 580 g/mol. The van der Waals surface area contributed by atoms with Gasteiger partial charge < -0.3 is 14.4 Å². The molecule has 0 bridgehead atoms. The van der Waals surface area contributed by atoms with Crippen molar-refractivity contribution < 1.29 is 27.4 Å². The molecular formula is C31H40ClF3N2O3. The first kappa shape index (κ1) is 30.5. The van der Waals surface area contributed by atoms with Crippen LogP contribution in [0.25, 0.3) is 0 Å². The number of benzene rings is 2. The van der Waals surface area contributed by atoms with Crippen molar-refractivity contribution in [3.05, 3.63) is 64.7 Å². The number of carbonyl (C=O) groups excluding carboxylic acids is 1. The molecule has 2 fully saturated rings. The Morgan fingerprint density at radius 1 is 1.02 bits per heavy atom. The standard InChI is InChI=1S/C31H40ClF3N2O3/c1-29(2,3)40-28(38)36-18-14-30(4,15-19-36)37-16-12-24(13-17-37)27(21-22-6-5-7-25(32)20-22)23-8-10-26(11-9-23)39-31(33,34)35/h5-11,20,24,27H,12-19,21H2,1-4H3. The Balaban J connectivity index is 1.42. The molecule has 0 spiro atoms. The maximum absolute atomic E-state index is 12.7. The van der Waals surface area contributed by atoms with Crippen molar-refractivity contribution in [1.29, 1.82) is 0 Å². The summed E-state index contributed by atoms with van der Waals surface area (Å²) in [5.74, 6) is 0.302. The molecule has 2 aliphatic heterocycles. The fourth-order valence-corrected chi connectivity index (χ4v) is 6.26. The molecule has 4 rings (SSSR count). The van der Waals surface area contributed by atoms with Gasteiger partial charge in [-0.2, -0.15) is 0 Å². The molecule has 0 aliphatic carbocycles. The Hall–Kier alpha value is -2.45. The quantitative estimate of drug-likeness (QED) is 0.346. The van der Waals surface area contributed by atoms with E-state index in [-0.39, 0.29) is 23.3 Å². The van der Waals surface area contributed by atoms with Crippen molar-refractivity contribution in [2.45, 2.75) is 83.2 Å². The molecule has 2 aromatic rings. The van der Waals surface area contributed by atoms with Crippen LogP contribution in [-0.2, 0) is 11.2 Å². The summed E-state index contributed by atoms with van der Waals surface area (Å²) in [7, 11) is 0. The predicted molar refractivity (Wildman–Crippen MR) is 151 cm³/mol. The van der Waals surface area contributed by atoms with Gasteiger partial charge in [0.25, 0.3) is 0 Å². The highest BCUT2D eigenvalue weighted by Gasteiger charge is 2.40. The zero-order chi connectivity index (χ0) is 29.1. The molecule has 0 saturated carbocycles. The highest BCUT2D eigenvalue weighted by molar-refractivity contribution is 6.30. The minimum Gasteiger partial charge on any atom is -0.444 e. The number of rotatable bonds is 6. The van der Waals surface area contributed by atoms with Crippen LogP contribution in [-0.4, -0.2) is 59.6 Å². The summed E-state index contributed by atoms with van der Waals surface area (Å²) in [4.78, 5) is 16.9. The van der Waals surface area contributed by atoms with Gasteiger partial charge in [0.05, 0.1) is 0 Å². The van der Waals surface area contributed by atoms with Crippen molar-refractivity contribution >= 4 is 17.7 Å². The summed E-state index contributed by atoms with van der Waals surface area (Å²) >= 11 is 6.26. The Labute approximate surface area is 240 Å². The van der Waals surface area contributed by atoms with Gasteiger partial charge in [0.1, 0.15) is 11.4 Å². The Morgan fingerprint density at radius 2 is 1.65 bits per heavy atom. The molecule has 1 unspecified atom stereocenters. The lowest BCUT2D eigenvalue weighted by atomic mass is 9.75. The first-order valence-corrected chi connectivity index (χ1v) is 14.4. The maximum atomic E-state index is 12.7. The number of ether oxygens (including phenoxy) is 2. The third kappa shape index (κ3) is 8.29. The Kier molecular flexibility index (Phi) is 9.30. The van der Waals surface area contributed by atoms with E-state index in [1.54, 1.807) is 12.1 Å². The number of amides is 1. The number of hydrogen-bond donors (Lipinski definition) is 0. The van der Waals surface area contributed by atoms with Gasteiger partial charge in [-0.25, -0.2) is 4.79 Å². The fourth-order valence-electron chi connectivity index (χ4n) is 6.05. The molecular weight excluding hydrogens is 541 g/mol. The van der Waals surface area contributed by atoms with E-state index in [1.165, 1.54) is 12.1 Å². The van der Waals surface area contributed by atoms with Gasteiger partial charge in [-0.05, 0) is 120 Å². The van der Waals surface area contributed by atoms with Crippen LogP contribution in [0.4, 0.5) is 18.0 Å². The summed E-state index contributed by atoms with van der Waals surface area (Å²) in [5, 5.41) is 0.672. The molecule has 0 aromatic heterocycles. The molecule has 9 heteroatoms. The van der Waals surface area contributed by atoms with Crippen molar-refractivity contribution in [3.63, 3.8) is 0 Å². The van der Waals surface area contributed by atoms with Gasteiger partial charge in [0, 0.05) is 23.7 Å². The molecule has 0 radical (unpaired) electrons. The number of alkyl halides is 3. The topological polar surface area (TPSA) is 42.0 Å². The van der Waals surface area contributed by atoms with Crippen molar-refractivity contribution in [2.75, 3.05) is 26.2 Å². The van der Waals surface area contributed by atoms with E-state index in [2.05, 4.69) is 22.6 Å². The lowest BCUT2D eigenvalue weighted by molar-refractivity contribution is -0.274. The van der Waals surface area contributed by atoms with Gasteiger partial charge in [0.15, 0.2) is 0 Å². The second kappa shape index (κ2) is 12.2. The van der Waals surface area contributed by atoms with Gasteiger partial charge >= 0.3 is 12.5 Å². The fraction of sp³-hybridized carbons (Fsp3) is 0.581. The summed E-state index contributed by atoms with van der Waals surface area (Å²) in [5.41, 5.74) is 1.62. The molecule has 2 saturated heterocycles. The van der Waals surface area contributed by atoms with Crippen LogP contribution in [0.3, 0.4) is 0 Å². The van der Waals surface area contributed by atoms with E-state index in [1.807, 2.05) is 43.9 Å². The lowest BCUT2D eigenvalue weighted by Crippen LogP contribution is -2.57. The van der Waals surface area contributed by atoms with Gasteiger partial charge in [-0.15, -0.1) is 13.2 Å². The molecule has 220 valence electrons. The molecule has 1 atom stereocenters. The first-order valence-electron chi connectivity index (χ1n) is 14.0. The van der Waals surface area contributed by atoms with Crippen LogP contribution in [0.5, 0.6) is 5.75 Å². The van der Waals surface area contributed by atoms with Gasteiger partial charge in [0.2, 0.25) is 0 Å².